The molecule has 4 heterocycles. The van der Waals surface area contributed by atoms with Gasteiger partial charge in [0.15, 0.2) is 10.8 Å². The molecule has 0 radical (unpaired) electrons. The Morgan fingerprint density at radius 1 is 1.26 bits per heavy atom. The van der Waals surface area contributed by atoms with Crippen LogP contribution in [0, 0.1) is 0 Å². The van der Waals surface area contributed by atoms with Gasteiger partial charge in [-0.25, -0.2) is 14.6 Å². The van der Waals surface area contributed by atoms with Crippen LogP contribution in [0.25, 0.3) is 22.1 Å². The lowest BCUT2D eigenvalue weighted by atomic mass is 9.88. The summed E-state index contributed by atoms with van der Waals surface area (Å²) in [6, 6.07) is 6.90. The number of rotatable bonds is 5. The Hall–Kier alpha value is -2.29. The second kappa shape index (κ2) is 8.68. The molecule has 0 atom stereocenters. The lowest BCUT2D eigenvalue weighted by Crippen LogP contribution is -2.34. The molecular weight excluding hydrogens is 410 g/mol. The highest BCUT2D eigenvalue weighted by Crippen LogP contribution is 2.42. The number of nitrogens with zero attached hydrogens (tertiary/aromatic N) is 5. The monoisotopic (exact) mass is 439 g/mol. The van der Waals surface area contributed by atoms with E-state index in [1.165, 1.54) is 10.4 Å². The molecule has 1 N–H and O–H groups in total. The van der Waals surface area contributed by atoms with Crippen LogP contribution in [0.1, 0.15) is 49.1 Å². The summed E-state index contributed by atoms with van der Waals surface area (Å²) in [5, 5.41) is 14.5. The summed E-state index contributed by atoms with van der Waals surface area (Å²) >= 11 is 1.70. The summed E-state index contributed by atoms with van der Waals surface area (Å²) < 4.78 is 8.10. The first-order chi connectivity index (χ1) is 15.1. The normalized spacial score (nSPS) is 17.3. The molecule has 1 fully saturated rings. The first kappa shape index (κ1) is 20.6. The van der Waals surface area contributed by atoms with Crippen LogP contribution >= 0.6 is 11.3 Å². The van der Waals surface area contributed by atoms with E-state index in [4.69, 9.17) is 9.72 Å². The summed E-state index contributed by atoms with van der Waals surface area (Å²) in [7, 11) is 0. The average molecular weight is 440 g/mol. The van der Waals surface area contributed by atoms with Crippen LogP contribution in [0.2, 0.25) is 0 Å². The zero-order chi connectivity index (χ0) is 21.4. The second-order valence-corrected chi connectivity index (χ2v) is 9.69. The molecule has 8 heteroatoms. The van der Waals surface area contributed by atoms with Crippen LogP contribution in [0.15, 0.2) is 24.5 Å². The van der Waals surface area contributed by atoms with E-state index in [0.29, 0.717) is 12.5 Å². The van der Waals surface area contributed by atoms with Crippen LogP contribution in [0.3, 0.4) is 0 Å². The van der Waals surface area contributed by atoms with E-state index in [9.17, 15) is 5.11 Å². The molecule has 1 aromatic carbocycles. The van der Waals surface area contributed by atoms with Crippen molar-refractivity contribution in [1.82, 2.24) is 24.6 Å². The summed E-state index contributed by atoms with van der Waals surface area (Å²) in [6.45, 7) is 7.98. The summed E-state index contributed by atoms with van der Waals surface area (Å²) in [4.78, 5) is 13.1. The van der Waals surface area contributed by atoms with Crippen molar-refractivity contribution >= 4 is 11.3 Å². The zero-order valence-electron chi connectivity index (χ0n) is 18.1. The standard InChI is InChI=1S/C23H29N5O2S/c1-15(2)28-22(24-14-25-28)23-26-21-18-4-3-17(13-19(18)30-12-7-20(21)31-23)16-5-8-27(9-6-16)10-11-29/h3-4,13-16,29H,5-12H2,1-2H3. The van der Waals surface area contributed by atoms with Crippen molar-refractivity contribution in [3.05, 3.63) is 35.0 Å². The quantitative estimate of drug-likeness (QED) is 0.652. The number of likely N-dealkylation sites (tertiary alicyclic amines) is 1. The molecular formula is C23H29N5O2S. The fraction of sp³-hybridized carbons (Fsp3) is 0.522. The molecule has 0 aliphatic carbocycles. The minimum Gasteiger partial charge on any atom is -0.492 e. The molecule has 0 saturated carbocycles. The number of ether oxygens (including phenoxy) is 1. The van der Waals surface area contributed by atoms with Crippen molar-refractivity contribution in [3.63, 3.8) is 0 Å². The molecule has 7 nitrogen and oxygen atoms in total. The number of aliphatic hydroxyl groups is 1. The molecule has 2 aliphatic heterocycles. The fourth-order valence-corrected chi connectivity index (χ4v) is 5.65. The van der Waals surface area contributed by atoms with Crippen LogP contribution in [0.4, 0.5) is 0 Å². The number of hydrogen-bond donors (Lipinski definition) is 1. The maximum atomic E-state index is 9.17. The van der Waals surface area contributed by atoms with Gasteiger partial charge in [-0.15, -0.1) is 11.3 Å². The van der Waals surface area contributed by atoms with E-state index in [1.54, 1.807) is 17.7 Å². The third-order valence-electron chi connectivity index (χ3n) is 6.27. The van der Waals surface area contributed by atoms with Crippen molar-refractivity contribution in [3.8, 4) is 27.8 Å². The maximum absolute atomic E-state index is 9.17. The topological polar surface area (TPSA) is 76.3 Å². The molecule has 0 bridgehead atoms. The van der Waals surface area contributed by atoms with Gasteiger partial charge in [-0.3, -0.25) is 0 Å². The van der Waals surface area contributed by atoms with Gasteiger partial charge in [0, 0.05) is 29.4 Å². The van der Waals surface area contributed by atoms with Gasteiger partial charge in [0.1, 0.15) is 12.1 Å². The Balaban J connectivity index is 1.43. The van der Waals surface area contributed by atoms with Crippen molar-refractivity contribution in [2.24, 2.45) is 0 Å². The van der Waals surface area contributed by atoms with Gasteiger partial charge < -0.3 is 14.7 Å². The number of aromatic nitrogens is 4. The smallest absolute Gasteiger partial charge is 0.187 e. The Labute approximate surface area is 186 Å². The molecule has 31 heavy (non-hydrogen) atoms. The van der Waals surface area contributed by atoms with E-state index in [0.717, 1.165) is 66.7 Å². The van der Waals surface area contributed by atoms with E-state index < -0.39 is 0 Å². The molecule has 3 aromatic rings. The molecule has 1 saturated heterocycles. The summed E-state index contributed by atoms with van der Waals surface area (Å²) in [5.74, 6) is 2.32. The highest BCUT2D eigenvalue weighted by Gasteiger charge is 2.26. The molecule has 2 aromatic heterocycles. The number of thiazole rings is 1. The zero-order valence-corrected chi connectivity index (χ0v) is 18.9. The highest BCUT2D eigenvalue weighted by molar-refractivity contribution is 7.15. The van der Waals surface area contributed by atoms with Crippen LogP contribution in [0.5, 0.6) is 5.75 Å². The fourth-order valence-electron chi connectivity index (χ4n) is 4.60. The van der Waals surface area contributed by atoms with Gasteiger partial charge in [0.2, 0.25) is 0 Å². The first-order valence-corrected chi connectivity index (χ1v) is 12.0. The maximum Gasteiger partial charge on any atom is 0.187 e. The Bertz CT molecular complexity index is 1050. The van der Waals surface area contributed by atoms with E-state index in [-0.39, 0.29) is 12.6 Å². The first-order valence-electron chi connectivity index (χ1n) is 11.1. The highest BCUT2D eigenvalue weighted by atomic mass is 32.1. The third kappa shape index (κ3) is 4.00. The third-order valence-corrected chi connectivity index (χ3v) is 7.38. The van der Waals surface area contributed by atoms with Gasteiger partial charge in [-0.05, 0) is 63.4 Å². The molecule has 5 rings (SSSR count). The Morgan fingerprint density at radius 3 is 2.87 bits per heavy atom. The largest absolute Gasteiger partial charge is 0.492 e. The molecule has 164 valence electrons. The van der Waals surface area contributed by atoms with Gasteiger partial charge in [0.05, 0.1) is 18.9 Å². The van der Waals surface area contributed by atoms with Crippen molar-refractivity contribution in [2.45, 2.75) is 45.1 Å². The Kier molecular flexibility index (Phi) is 5.77. The minimum absolute atomic E-state index is 0.239. The van der Waals surface area contributed by atoms with Crippen molar-refractivity contribution in [1.29, 1.82) is 0 Å². The predicted octanol–water partition coefficient (Wildman–Crippen LogP) is 3.76. The van der Waals surface area contributed by atoms with Crippen LogP contribution in [-0.2, 0) is 6.42 Å². The van der Waals surface area contributed by atoms with Crippen LogP contribution in [-0.4, -0.2) is 62.6 Å². The lowest BCUT2D eigenvalue weighted by Gasteiger charge is -2.31. The number of aliphatic hydroxyl groups excluding tert-OH is 1. The SMILES string of the molecule is CC(C)n1ncnc1-c1nc2c(s1)CCOc1cc(C3CCN(CCO)CC3)ccc1-2. The number of piperidine rings is 1. The molecule has 0 spiro atoms. The van der Waals surface area contributed by atoms with E-state index in [2.05, 4.69) is 47.0 Å². The van der Waals surface area contributed by atoms with Crippen molar-refractivity contribution in [2.75, 3.05) is 32.8 Å². The van der Waals surface area contributed by atoms with E-state index in [1.807, 2.05) is 4.68 Å². The Morgan fingerprint density at radius 2 is 2.10 bits per heavy atom. The predicted molar refractivity (Wildman–Crippen MR) is 122 cm³/mol. The average Bonchev–Trinajstić information content (AvgIpc) is 3.39. The number of β-amino-alcohol motifs (C(OH)–C–C–N with tert-alkyl or cyclic N) is 1. The second-order valence-electron chi connectivity index (χ2n) is 8.61. The molecule has 0 amide bonds. The summed E-state index contributed by atoms with van der Waals surface area (Å²) in [6.07, 6.45) is 4.70. The van der Waals surface area contributed by atoms with Crippen molar-refractivity contribution < 1.29 is 9.84 Å². The van der Waals surface area contributed by atoms with Gasteiger partial charge in [0.25, 0.3) is 0 Å². The number of fused-ring (bicyclic) bond motifs is 3. The number of hydrogen-bond acceptors (Lipinski definition) is 7. The van der Waals surface area contributed by atoms with Gasteiger partial charge >= 0.3 is 0 Å². The lowest BCUT2D eigenvalue weighted by molar-refractivity contribution is 0.164. The summed E-state index contributed by atoms with van der Waals surface area (Å²) in [5.41, 5.74) is 3.45. The number of benzene rings is 1. The van der Waals surface area contributed by atoms with Gasteiger partial charge in [-0.2, -0.15) is 5.10 Å². The van der Waals surface area contributed by atoms with E-state index >= 15 is 0 Å². The molecule has 0 unspecified atom stereocenters. The van der Waals surface area contributed by atoms with Crippen LogP contribution < -0.4 is 4.74 Å². The molecule has 2 aliphatic rings. The van der Waals surface area contributed by atoms with Gasteiger partial charge in [-0.1, -0.05) is 6.07 Å². The minimum atomic E-state index is 0.239.